The molecule has 2 heterocycles. The Labute approximate surface area is 147 Å². The number of aromatic nitrogens is 1. The zero-order valence-electron chi connectivity index (χ0n) is 14.6. The number of benzene rings is 1. The smallest absolute Gasteiger partial charge is 0.265 e. The molecule has 0 bridgehead atoms. The first kappa shape index (κ1) is 17.2. The van der Waals surface area contributed by atoms with Crippen molar-refractivity contribution in [1.29, 1.82) is 0 Å². The second kappa shape index (κ2) is 7.98. The van der Waals surface area contributed by atoms with Crippen LogP contribution in [0.3, 0.4) is 0 Å². The van der Waals surface area contributed by atoms with Gasteiger partial charge < -0.3 is 19.7 Å². The Morgan fingerprint density at radius 1 is 1.28 bits per heavy atom. The summed E-state index contributed by atoms with van der Waals surface area (Å²) in [5, 5.41) is 2.84. The number of aryl methyl sites for hydroxylation is 1. The Hall–Kier alpha value is -2.60. The molecule has 1 aromatic heterocycles. The highest BCUT2D eigenvalue weighted by Gasteiger charge is 2.16. The van der Waals surface area contributed by atoms with Crippen LogP contribution in [-0.2, 0) is 9.53 Å². The Morgan fingerprint density at radius 3 is 2.76 bits per heavy atom. The molecule has 1 fully saturated rings. The van der Waals surface area contributed by atoms with Crippen LogP contribution in [-0.4, -0.2) is 43.3 Å². The number of anilines is 2. The summed E-state index contributed by atoms with van der Waals surface area (Å²) in [6.45, 7) is 6.81. The summed E-state index contributed by atoms with van der Waals surface area (Å²) in [5.41, 5.74) is 1.75. The standard InChI is InChI=1S/C19H23N3O3/c1-14-4-3-5-17(12-14)25-15(2)19(23)21-16-6-7-18(20-13-16)22-8-10-24-11-9-22/h3-7,12-13,15H,8-11H2,1-2H3,(H,21,23)/t15-/m1/s1. The normalized spacial score (nSPS) is 15.5. The summed E-state index contributed by atoms with van der Waals surface area (Å²) in [4.78, 5) is 18.9. The molecule has 1 aliphatic rings. The van der Waals surface area contributed by atoms with Crippen molar-refractivity contribution in [3.8, 4) is 5.75 Å². The average Bonchev–Trinajstić information content (AvgIpc) is 2.63. The van der Waals surface area contributed by atoms with E-state index in [2.05, 4.69) is 15.2 Å². The number of ether oxygens (including phenoxy) is 2. The summed E-state index contributed by atoms with van der Waals surface area (Å²) < 4.78 is 11.0. The Balaban J connectivity index is 1.56. The van der Waals surface area contributed by atoms with Gasteiger partial charge in [0.2, 0.25) is 0 Å². The Morgan fingerprint density at radius 2 is 2.08 bits per heavy atom. The molecule has 3 rings (SSSR count). The van der Waals surface area contributed by atoms with Gasteiger partial charge in [-0.25, -0.2) is 4.98 Å². The van der Waals surface area contributed by atoms with Crippen LogP contribution in [0.15, 0.2) is 42.6 Å². The van der Waals surface area contributed by atoms with Crippen molar-refractivity contribution in [2.45, 2.75) is 20.0 Å². The molecule has 6 nitrogen and oxygen atoms in total. The molecule has 2 aromatic rings. The van der Waals surface area contributed by atoms with Crippen LogP contribution in [0.2, 0.25) is 0 Å². The van der Waals surface area contributed by atoms with E-state index in [4.69, 9.17) is 9.47 Å². The molecule has 0 spiro atoms. The van der Waals surface area contributed by atoms with Gasteiger partial charge in [0.25, 0.3) is 5.91 Å². The minimum Gasteiger partial charge on any atom is -0.481 e. The molecule has 132 valence electrons. The van der Waals surface area contributed by atoms with E-state index in [0.29, 0.717) is 24.7 Å². The molecule has 1 saturated heterocycles. The van der Waals surface area contributed by atoms with Crippen LogP contribution in [0, 0.1) is 6.92 Å². The summed E-state index contributed by atoms with van der Waals surface area (Å²) >= 11 is 0. The quantitative estimate of drug-likeness (QED) is 0.906. The van der Waals surface area contributed by atoms with Crippen LogP contribution in [0.4, 0.5) is 11.5 Å². The molecule has 0 saturated carbocycles. The van der Waals surface area contributed by atoms with E-state index in [9.17, 15) is 4.79 Å². The number of hydrogen-bond acceptors (Lipinski definition) is 5. The summed E-state index contributed by atoms with van der Waals surface area (Å²) in [7, 11) is 0. The van der Waals surface area contributed by atoms with E-state index in [1.165, 1.54) is 0 Å². The maximum Gasteiger partial charge on any atom is 0.265 e. The molecular weight excluding hydrogens is 318 g/mol. The lowest BCUT2D eigenvalue weighted by Gasteiger charge is -2.27. The van der Waals surface area contributed by atoms with Crippen LogP contribution in [0.25, 0.3) is 0 Å². The third kappa shape index (κ3) is 4.70. The van der Waals surface area contributed by atoms with E-state index in [1.807, 2.05) is 43.3 Å². The largest absolute Gasteiger partial charge is 0.481 e. The first-order valence-corrected chi connectivity index (χ1v) is 8.45. The number of carbonyl (C=O) groups excluding carboxylic acids is 1. The fourth-order valence-corrected chi connectivity index (χ4v) is 2.63. The molecule has 1 aromatic carbocycles. The lowest BCUT2D eigenvalue weighted by atomic mass is 10.2. The number of nitrogens with zero attached hydrogens (tertiary/aromatic N) is 2. The number of rotatable bonds is 5. The van der Waals surface area contributed by atoms with E-state index < -0.39 is 6.10 Å². The zero-order valence-corrected chi connectivity index (χ0v) is 14.6. The Kier molecular flexibility index (Phi) is 5.50. The van der Waals surface area contributed by atoms with E-state index >= 15 is 0 Å². The van der Waals surface area contributed by atoms with Crippen molar-refractivity contribution in [3.63, 3.8) is 0 Å². The molecule has 25 heavy (non-hydrogen) atoms. The predicted molar refractivity (Wildman–Crippen MR) is 97.2 cm³/mol. The van der Waals surface area contributed by atoms with E-state index in [1.54, 1.807) is 13.1 Å². The van der Waals surface area contributed by atoms with Gasteiger partial charge in [-0.2, -0.15) is 0 Å². The molecule has 1 amide bonds. The second-order valence-electron chi connectivity index (χ2n) is 6.07. The number of amides is 1. The fourth-order valence-electron chi connectivity index (χ4n) is 2.63. The Bertz CT molecular complexity index is 712. The molecule has 6 heteroatoms. The number of carbonyl (C=O) groups is 1. The molecular formula is C19H23N3O3. The minimum atomic E-state index is -0.597. The monoisotopic (exact) mass is 341 g/mol. The molecule has 0 unspecified atom stereocenters. The van der Waals surface area contributed by atoms with Crippen molar-refractivity contribution < 1.29 is 14.3 Å². The summed E-state index contributed by atoms with van der Waals surface area (Å²) in [6.07, 6.45) is 1.07. The third-order valence-corrected chi connectivity index (χ3v) is 4.02. The minimum absolute atomic E-state index is 0.206. The third-order valence-electron chi connectivity index (χ3n) is 4.02. The van der Waals surface area contributed by atoms with Crippen LogP contribution < -0.4 is 15.0 Å². The zero-order chi connectivity index (χ0) is 17.6. The molecule has 1 N–H and O–H groups in total. The number of pyridine rings is 1. The predicted octanol–water partition coefficient (Wildman–Crippen LogP) is 2.63. The van der Waals surface area contributed by atoms with Crippen molar-refractivity contribution in [1.82, 2.24) is 4.98 Å². The number of hydrogen-bond donors (Lipinski definition) is 1. The van der Waals surface area contributed by atoms with Gasteiger partial charge in [-0.05, 0) is 43.7 Å². The van der Waals surface area contributed by atoms with Crippen molar-refractivity contribution in [2.24, 2.45) is 0 Å². The highest BCUT2D eigenvalue weighted by atomic mass is 16.5. The van der Waals surface area contributed by atoms with Crippen molar-refractivity contribution >= 4 is 17.4 Å². The maximum absolute atomic E-state index is 12.3. The molecule has 0 aliphatic carbocycles. The topological polar surface area (TPSA) is 63.7 Å². The first-order valence-electron chi connectivity index (χ1n) is 8.45. The van der Waals surface area contributed by atoms with Crippen molar-refractivity contribution in [2.75, 3.05) is 36.5 Å². The van der Waals surface area contributed by atoms with Crippen molar-refractivity contribution in [3.05, 3.63) is 48.2 Å². The molecule has 1 atom stereocenters. The maximum atomic E-state index is 12.3. The lowest BCUT2D eigenvalue weighted by Crippen LogP contribution is -2.36. The van der Waals surface area contributed by atoms with Gasteiger partial charge in [-0.3, -0.25) is 4.79 Å². The molecule has 0 radical (unpaired) electrons. The highest BCUT2D eigenvalue weighted by molar-refractivity contribution is 5.94. The van der Waals surface area contributed by atoms with Gasteiger partial charge in [-0.1, -0.05) is 12.1 Å². The molecule has 1 aliphatic heterocycles. The van der Waals surface area contributed by atoms with E-state index in [0.717, 1.165) is 24.5 Å². The lowest BCUT2D eigenvalue weighted by molar-refractivity contribution is -0.122. The number of morpholine rings is 1. The van der Waals surface area contributed by atoms with Gasteiger partial charge in [-0.15, -0.1) is 0 Å². The van der Waals surface area contributed by atoms with Gasteiger partial charge in [0, 0.05) is 13.1 Å². The van der Waals surface area contributed by atoms with E-state index in [-0.39, 0.29) is 5.91 Å². The SMILES string of the molecule is Cc1cccc(O[C@H](C)C(=O)Nc2ccc(N3CCOCC3)nc2)c1. The highest BCUT2D eigenvalue weighted by Crippen LogP contribution is 2.17. The summed E-state index contributed by atoms with van der Waals surface area (Å²) in [6, 6.07) is 11.4. The fraction of sp³-hybridized carbons (Fsp3) is 0.368. The van der Waals surface area contributed by atoms with Gasteiger partial charge in [0.15, 0.2) is 6.10 Å². The average molecular weight is 341 g/mol. The van der Waals surface area contributed by atoms with Gasteiger partial charge >= 0.3 is 0 Å². The van der Waals surface area contributed by atoms with Gasteiger partial charge in [0.05, 0.1) is 25.1 Å². The summed E-state index contributed by atoms with van der Waals surface area (Å²) in [5.74, 6) is 1.37. The first-order chi connectivity index (χ1) is 12.1. The van der Waals surface area contributed by atoms with Crippen LogP contribution in [0.1, 0.15) is 12.5 Å². The van der Waals surface area contributed by atoms with Gasteiger partial charge in [0.1, 0.15) is 11.6 Å². The van der Waals surface area contributed by atoms with Crippen LogP contribution >= 0.6 is 0 Å². The number of nitrogens with one attached hydrogen (secondary N) is 1. The second-order valence-corrected chi connectivity index (χ2v) is 6.07. The van der Waals surface area contributed by atoms with Crippen LogP contribution in [0.5, 0.6) is 5.75 Å².